The minimum absolute atomic E-state index is 0.0149. The van der Waals surface area contributed by atoms with E-state index in [0.29, 0.717) is 5.56 Å². The van der Waals surface area contributed by atoms with Crippen LogP contribution in [0, 0.1) is 5.92 Å². The number of esters is 2. The SMILES string of the molecule is COC(=O)C(Cc1ccc(O)c(OC)c1)C(=O)OC. The van der Waals surface area contributed by atoms with Gasteiger partial charge < -0.3 is 19.3 Å². The number of phenolic OH excluding ortho intramolecular Hbond substituents is 1. The van der Waals surface area contributed by atoms with Gasteiger partial charge in [-0.15, -0.1) is 0 Å². The van der Waals surface area contributed by atoms with Crippen molar-refractivity contribution in [3.05, 3.63) is 23.8 Å². The van der Waals surface area contributed by atoms with E-state index in [9.17, 15) is 14.7 Å². The van der Waals surface area contributed by atoms with Crippen molar-refractivity contribution in [1.29, 1.82) is 0 Å². The van der Waals surface area contributed by atoms with Crippen LogP contribution in [0.5, 0.6) is 11.5 Å². The quantitative estimate of drug-likeness (QED) is 0.631. The van der Waals surface area contributed by atoms with E-state index >= 15 is 0 Å². The number of carbonyl (C=O) groups is 2. The molecule has 6 nitrogen and oxygen atoms in total. The Morgan fingerprint density at radius 1 is 1.16 bits per heavy atom. The third kappa shape index (κ3) is 3.61. The fraction of sp³-hybridized carbons (Fsp3) is 0.385. The maximum absolute atomic E-state index is 11.5. The number of hydrogen-bond acceptors (Lipinski definition) is 6. The monoisotopic (exact) mass is 268 g/mol. The summed E-state index contributed by atoms with van der Waals surface area (Å²) in [5.41, 5.74) is 0.649. The van der Waals surface area contributed by atoms with Gasteiger partial charge in [-0.2, -0.15) is 0 Å². The zero-order valence-corrected chi connectivity index (χ0v) is 11.0. The molecule has 0 saturated carbocycles. The minimum atomic E-state index is -1.04. The molecule has 0 aliphatic carbocycles. The molecule has 1 aromatic rings. The normalized spacial score (nSPS) is 10.1. The smallest absolute Gasteiger partial charge is 0.320 e. The molecule has 0 amide bonds. The zero-order valence-electron chi connectivity index (χ0n) is 11.0. The van der Waals surface area contributed by atoms with Gasteiger partial charge in [-0.1, -0.05) is 6.07 Å². The van der Waals surface area contributed by atoms with Gasteiger partial charge in [0, 0.05) is 0 Å². The first-order chi connectivity index (χ1) is 9.03. The second kappa shape index (κ2) is 6.63. The Hall–Kier alpha value is -2.24. The van der Waals surface area contributed by atoms with Gasteiger partial charge in [-0.05, 0) is 24.1 Å². The third-order valence-corrected chi connectivity index (χ3v) is 2.66. The van der Waals surface area contributed by atoms with Gasteiger partial charge in [0.05, 0.1) is 21.3 Å². The van der Waals surface area contributed by atoms with Crippen LogP contribution >= 0.6 is 0 Å². The standard InChI is InChI=1S/C13H16O6/c1-17-11-7-8(4-5-10(11)14)6-9(12(15)18-2)13(16)19-3/h4-5,7,9,14H,6H2,1-3H3. The molecule has 1 N–H and O–H groups in total. The number of aromatic hydroxyl groups is 1. The van der Waals surface area contributed by atoms with Crippen molar-refractivity contribution in [2.75, 3.05) is 21.3 Å². The highest BCUT2D eigenvalue weighted by molar-refractivity contribution is 5.95. The number of ether oxygens (including phenoxy) is 3. The van der Waals surface area contributed by atoms with E-state index in [1.54, 1.807) is 12.1 Å². The Kier molecular flexibility index (Phi) is 5.17. The number of rotatable bonds is 5. The zero-order chi connectivity index (χ0) is 14.4. The van der Waals surface area contributed by atoms with Crippen molar-refractivity contribution < 1.29 is 28.9 Å². The van der Waals surface area contributed by atoms with Crippen LogP contribution in [0.25, 0.3) is 0 Å². The number of carbonyl (C=O) groups excluding carboxylic acids is 2. The molecule has 0 atom stereocenters. The van der Waals surface area contributed by atoms with Gasteiger partial charge in [0.15, 0.2) is 17.4 Å². The summed E-state index contributed by atoms with van der Waals surface area (Å²) in [4.78, 5) is 23.1. The van der Waals surface area contributed by atoms with Gasteiger partial charge in [-0.3, -0.25) is 9.59 Å². The largest absolute Gasteiger partial charge is 0.504 e. The molecular formula is C13H16O6. The second-order valence-electron chi connectivity index (χ2n) is 3.81. The molecule has 19 heavy (non-hydrogen) atoms. The Bertz CT molecular complexity index is 452. The van der Waals surface area contributed by atoms with E-state index in [-0.39, 0.29) is 17.9 Å². The van der Waals surface area contributed by atoms with Gasteiger partial charge in [0.2, 0.25) is 0 Å². The van der Waals surface area contributed by atoms with Crippen molar-refractivity contribution in [1.82, 2.24) is 0 Å². The predicted octanol–water partition coefficient (Wildman–Crippen LogP) is 0.905. The molecule has 1 rings (SSSR count). The van der Waals surface area contributed by atoms with E-state index in [2.05, 4.69) is 9.47 Å². The molecule has 0 heterocycles. The summed E-state index contributed by atoms with van der Waals surface area (Å²) in [6.07, 6.45) is 0.107. The average Bonchev–Trinajstić information content (AvgIpc) is 2.44. The fourth-order valence-electron chi connectivity index (χ4n) is 1.63. The van der Waals surface area contributed by atoms with Gasteiger partial charge in [-0.25, -0.2) is 0 Å². The van der Waals surface area contributed by atoms with Crippen molar-refractivity contribution in [2.45, 2.75) is 6.42 Å². The lowest BCUT2D eigenvalue weighted by Gasteiger charge is -2.13. The van der Waals surface area contributed by atoms with E-state index in [4.69, 9.17) is 4.74 Å². The maximum Gasteiger partial charge on any atom is 0.320 e. The van der Waals surface area contributed by atoms with E-state index in [0.717, 1.165) is 0 Å². The molecule has 1 aromatic carbocycles. The van der Waals surface area contributed by atoms with E-state index in [1.807, 2.05) is 0 Å². The van der Waals surface area contributed by atoms with Gasteiger partial charge in [0.25, 0.3) is 0 Å². The highest BCUT2D eigenvalue weighted by Gasteiger charge is 2.29. The highest BCUT2D eigenvalue weighted by Crippen LogP contribution is 2.27. The lowest BCUT2D eigenvalue weighted by Crippen LogP contribution is -2.28. The van der Waals surface area contributed by atoms with Crippen LogP contribution in [0.4, 0.5) is 0 Å². The lowest BCUT2D eigenvalue weighted by atomic mass is 9.99. The third-order valence-electron chi connectivity index (χ3n) is 2.66. The lowest BCUT2D eigenvalue weighted by molar-refractivity contribution is -0.158. The number of benzene rings is 1. The van der Waals surface area contributed by atoms with Crippen LogP contribution in [-0.2, 0) is 25.5 Å². The number of methoxy groups -OCH3 is 3. The van der Waals surface area contributed by atoms with Crippen LogP contribution in [0.2, 0.25) is 0 Å². The van der Waals surface area contributed by atoms with Crippen LogP contribution in [-0.4, -0.2) is 38.4 Å². The van der Waals surface area contributed by atoms with Crippen molar-refractivity contribution in [3.8, 4) is 11.5 Å². The molecular weight excluding hydrogens is 252 g/mol. The summed E-state index contributed by atoms with van der Waals surface area (Å²) in [5, 5.41) is 9.47. The summed E-state index contributed by atoms with van der Waals surface area (Å²) < 4.78 is 14.1. The van der Waals surface area contributed by atoms with Crippen LogP contribution in [0.1, 0.15) is 5.56 Å². The molecule has 0 aliphatic heterocycles. The van der Waals surface area contributed by atoms with Gasteiger partial charge >= 0.3 is 11.9 Å². The summed E-state index contributed by atoms with van der Waals surface area (Å²) in [6, 6.07) is 4.57. The van der Waals surface area contributed by atoms with Crippen LogP contribution in [0.3, 0.4) is 0 Å². The molecule has 6 heteroatoms. The summed E-state index contributed by atoms with van der Waals surface area (Å²) >= 11 is 0. The molecule has 0 bridgehead atoms. The Morgan fingerprint density at radius 3 is 2.21 bits per heavy atom. The summed E-state index contributed by atoms with van der Waals surface area (Å²) in [6.45, 7) is 0. The maximum atomic E-state index is 11.5. The Balaban J connectivity index is 2.96. The molecule has 0 spiro atoms. The van der Waals surface area contributed by atoms with Crippen molar-refractivity contribution >= 4 is 11.9 Å². The summed E-state index contributed by atoms with van der Waals surface area (Å²) in [7, 11) is 3.82. The van der Waals surface area contributed by atoms with Crippen molar-refractivity contribution in [3.63, 3.8) is 0 Å². The van der Waals surface area contributed by atoms with Crippen LogP contribution in [0.15, 0.2) is 18.2 Å². The molecule has 0 radical (unpaired) electrons. The topological polar surface area (TPSA) is 82.1 Å². The van der Waals surface area contributed by atoms with Gasteiger partial charge in [0.1, 0.15) is 0 Å². The fourth-order valence-corrected chi connectivity index (χ4v) is 1.63. The Morgan fingerprint density at radius 2 is 1.74 bits per heavy atom. The number of hydrogen-bond donors (Lipinski definition) is 1. The summed E-state index contributed by atoms with van der Waals surface area (Å²) in [5.74, 6) is -2.12. The highest BCUT2D eigenvalue weighted by atomic mass is 16.5. The first-order valence-electron chi connectivity index (χ1n) is 5.55. The first kappa shape index (κ1) is 14.8. The minimum Gasteiger partial charge on any atom is -0.504 e. The van der Waals surface area contributed by atoms with E-state index in [1.165, 1.54) is 27.4 Å². The molecule has 0 unspecified atom stereocenters. The molecule has 0 saturated heterocycles. The molecule has 0 aliphatic rings. The predicted molar refractivity (Wildman–Crippen MR) is 65.9 cm³/mol. The average molecular weight is 268 g/mol. The van der Waals surface area contributed by atoms with Crippen LogP contribution < -0.4 is 4.74 Å². The molecule has 0 fully saturated rings. The second-order valence-corrected chi connectivity index (χ2v) is 3.81. The number of phenols is 1. The van der Waals surface area contributed by atoms with Crippen molar-refractivity contribution in [2.24, 2.45) is 5.92 Å². The Labute approximate surface area is 110 Å². The first-order valence-corrected chi connectivity index (χ1v) is 5.55. The molecule has 0 aromatic heterocycles. The van der Waals surface area contributed by atoms with E-state index < -0.39 is 17.9 Å². The molecule has 104 valence electrons.